The first-order chi connectivity index (χ1) is 11.1. The van der Waals surface area contributed by atoms with Crippen LogP contribution in [0.1, 0.15) is 56.5 Å². The Balaban J connectivity index is 0.000000680. The predicted molar refractivity (Wildman–Crippen MR) is 95.7 cm³/mol. The van der Waals surface area contributed by atoms with Gasteiger partial charge in [0, 0.05) is 26.3 Å². The summed E-state index contributed by atoms with van der Waals surface area (Å²) < 4.78 is 10.1. The number of hydrogen-bond acceptors (Lipinski definition) is 3. The summed E-state index contributed by atoms with van der Waals surface area (Å²) in [5.74, 6) is 0.992. The van der Waals surface area contributed by atoms with Crippen LogP contribution >= 0.6 is 0 Å². The minimum Gasteiger partial charge on any atom is -0.380 e. The number of nitrogens with one attached hydrogen (secondary N) is 1. The maximum absolute atomic E-state index is 11.8. The fourth-order valence-corrected chi connectivity index (χ4v) is 1.56. The molecular weight excluding hydrogens is 290 g/mol. The highest BCUT2D eigenvalue weighted by Gasteiger charge is 2.12. The van der Waals surface area contributed by atoms with Crippen molar-refractivity contribution in [2.24, 2.45) is 5.92 Å². The molecule has 1 N–H and O–H groups in total. The number of hydrogen-bond donors (Lipinski definition) is 1. The van der Waals surface area contributed by atoms with Crippen LogP contribution in [-0.4, -0.2) is 32.8 Å². The molecule has 4 nitrogen and oxygen atoms in total. The SMILES string of the molecule is CC.CC1CC1.COCc1cccc(C(=O)NCC(C)OC)c1. The minimum atomic E-state index is -0.0909. The van der Waals surface area contributed by atoms with Crippen LogP contribution in [0.3, 0.4) is 0 Å². The number of carbonyl (C=O) groups excluding carboxylic acids is 1. The van der Waals surface area contributed by atoms with Gasteiger partial charge in [0.25, 0.3) is 5.91 Å². The van der Waals surface area contributed by atoms with E-state index in [4.69, 9.17) is 9.47 Å². The molecule has 1 amide bonds. The lowest BCUT2D eigenvalue weighted by Crippen LogP contribution is -2.31. The third kappa shape index (κ3) is 10.9. The normalized spacial score (nSPS) is 13.8. The van der Waals surface area contributed by atoms with Crippen LogP contribution in [0.15, 0.2) is 24.3 Å². The number of benzene rings is 1. The topological polar surface area (TPSA) is 47.6 Å². The summed E-state index contributed by atoms with van der Waals surface area (Å²) in [6.45, 7) is 9.20. The van der Waals surface area contributed by atoms with Gasteiger partial charge in [-0.3, -0.25) is 4.79 Å². The van der Waals surface area contributed by atoms with Crippen molar-refractivity contribution in [1.82, 2.24) is 5.32 Å². The zero-order chi connectivity index (χ0) is 17.7. The molecule has 1 aliphatic carbocycles. The summed E-state index contributed by atoms with van der Waals surface area (Å²) in [7, 11) is 3.25. The molecule has 0 bridgehead atoms. The monoisotopic (exact) mass is 323 g/mol. The van der Waals surface area contributed by atoms with Crippen molar-refractivity contribution in [1.29, 1.82) is 0 Å². The molecule has 1 aromatic rings. The van der Waals surface area contributed by atoms with Crippen molar-refractivity contribution in [3.63, 3.8) is 0 Å². The average molecular weight is 323 g/mol. The van der Waals surface area contributed by atoms with Gasteiger partial charge >= 0.3 is 0 Å². The Labute approximate surface area is 141 Å². The molecule has 0 spiro atoms. The molecule has 1 fully saturated rings. The first-order valence-corrected chi connectivity index (χ1v) is 8.45. The van der Waals surface area contributed by atoms with Crippen LogP contribution in [0, 0.1) is 5.92 Å². The fourth-order valence-electron chi connectivity index (χ4n) is 1.56. The number of methoxy groups -OCH3 is 2. The molecule has 1 atom stereocenters. The van der Waals surface area contributed by atoms with Crippen LogP contribution in [-0.2, 0) is 16.1 Å². The average Bonchev–Trinajstić information content (AvgIpc) is 3.37. The first-order valence-electron chi connectivity index (χ1n) is 8.45. The maximum atomic E-state index is 11.8. The zero-order valence-corrected chi connectivity index (χ0v) is 15.5. The van der Waals surface area contributed by atoms with Crippen molar-refractivity contribution in [2.75, 3.05) is 20.8 Å². The Morgan fingerprint density at radius 2 is 1.91 bits per heavy atom. The molecule has 0 radical (unpaired) electrons. The molecule has 23 heavy (non-hydrogen) atoms. The molecule has 0 heterocycles. The summed E-state index contributed by atoms with van der Waals surface area (Å²) in [6.07, 6.45) is 2.99. The predicted octanol–water partition coefficient (Wildman–Crippen LogP) is 4.04. The van der Waals surface area contributed by atoms with E-state index in [0.29, 0.717) is 18.7 Å². The lowest BCUT2D eigenvalue weighted by molar-refractivity contribution is 0.0870. The van der Waals surface area contributed by atoms with E-state index in [1.54, 1.807) is 20.3 Å². The second-order valence-corrected chi connectivity index (χ2v) is 5.57. The van der Waals surface area contributed by atoms with E-state index in [9.17, 15) is 4.79 Å². The maximum Gasteiger partial charge on any atom is 0.251 e. The highest BCUT2D eigenvalue weighted by molar-refractivity contribution is 5.94. The van der Waals surface area contributed by atoms with Gasteiger partial charge in [-0.2, -0.15) is 0 Å². The van der Waals surface area contributed by atoms with Crippen molar-refractivity contribution < 1.29 is 14.3 Å². The third-order valence-corrected chi connectivity index (χ3v) is 3.32. The molecule has 1 unspecified atom stereocenters. The zero-order valence-electron chi connectivity index (χ0n) is 15.5. The Bertz CT molecular complexity index is 430. The van der Waals surface area contributed by atoms with Gasteiger partial charge in [-0.25, -0.2) is 0 Å². The Morgan fingerprint density at radius 1 is 1.30 bits per heavy atom. The van der Waals surface area contributed by atoms with Crippen LogP contribution in [0.25, 0.3) is 0 Å². The van der Waals surface area contributed by atoms with E-state index in [1.807, 2.05) is 39.0 Å². The quantitative estimate of drug-likeness (QED) is 0.859. The van der Waals surface area contributed by atoms with Gasteiger partial charge in [0.05, 0.1) is 12.7 Å². The number of amides is 1. The van der Waals surface area contributed by atoms with E-state index in [1.165, 1.54) is 12.8 Å². The smallest absolute Gasteiger partial charge is 0.251 e. The second-order valence-electron chi connectivity index (χ2n) is 5.57. The van der Waals surface area contributed by atoms with Crippen LogP contribution in [0.2, 0.25) is 0 Å². The number of rotatable bonds is 6. The Hall–Kier alpha value is -1.39. The molecule has 132 valence electrons. The fraction of sp³-hybridized carbons (Fsp3) is 0.632. The van der Waals surface area contributed by atoms with Gasteiger partial charge in [-0.1, -0.05) is 45.7 Å². The van der Waals surface area contributed by atoms with E-state index >= 15 is 0 Å². The number of carbonyl (C=O) groups is 1. The summed E-state index contributed by atoms with van der Waals surface area (Å²) in [5, 5.41) is 2.81. The first kappa shape index (κ1) is 21.6. The van der Waals surface area contributed by atoms with Crippen LogP contribution in [0.5, 0.6) is 0 Å². The summed E-state index contributed by atoms with van der Waals surface area (Å²) in [6, 6.07) is 7.39. The van der Waals surface area contributed by atoms with E-state index in [-0.39, 0.29) is 12.0 Å². The van der Waals surface area contributed by atoms with Gasteiger partial charge in [-0.05, 0) is 30.5 Å². The molecule has 1 saturated carbocycles. The van der Waals surface area contributed by atoms with E-state index in [2.05, 4.69) is 12.2 Å². The Kier molecular flexibility index (Phi) is 12.3. The van der Waals surface area contributed by atoms with Crippen molar-refractivity contribution in [3.8, 4) is 0 Å². The lowest BCUT2D eigenvalue weighted by atomic mass is 10.1. The minimum absolute atomic E-state index is 0.0149. The van der Waals surface area contributed by atoms with Crippen molar-refractivity contribution in [3.05, 3.63) is 35.4 Å². The number of ether oxygens (including phenoxy) is 2. The molecule has 4 heteroatoms. The summed E-state index contributed by atoms with van der Waals surface area (Å²) in [5.41, 5.74) is 1.63. The van der Waals surface area contributed by atoms with Crippen molar-refractivity contribution in [2.45, 2.75) is 53.2 Å². The standard InChI is InChI=1S/C13H19NO3.C4H8.C2H6/c1-10(17-3)8-14-13(15)12-6-4-5-11(7-12)9-16-2;1-4-2-3-4;1-2/h4-7,10H,8-9H2,1-3H3,(H,14,15);4H,2-3H2,1H3;1-2H3. The largest absolute Gasteiger partial charge is 0.380 e. The van der Waals surface area contributed by atoms with Gasteiger partial charge in [0.2, 0.25) is 0 Å². The van der Waals surface area contributed by atoms with Gasteiger partial charge in [0.1, 0.15) is 0 Å². The molecule has 0 aliphatic heterocycles. The molecule has 0 aromatic heterocycles. The summed E-state index contributed by atoms with van der Waals surface area (Å²) in [4.78, 5) is 11.8. The highest BCUT2D eigenvalue weighted by atomic mass is 16.5. The lowest BCUT2D eigenvalue weighted by Gasteiger charge is -2.11. The van der Waals surface area contributed by atoms with E-state index < -0.39 is 0 Å². The second kappa shape index (κ2) is 13.1. The molecule has 0 saturated heterocycles. The van der Waals surface area contributed by atoms with E-state index in [0.717, 1.165) is 11.5 Å². The molecule has 1 aromatic carbocycles. The highest BCUT2D eigenvalue weighted by Crippen LogP contribution is 2.26. The van der Waals surface area contributed by atoms with Gasteiger partial charge in [-0.15, -0.1) is 0 Å². The van der Waals surface area contributed by atoms with Gasteiger partial charge in [0.15, 0.2) is 0 Å². The van der Waals surface area contributed by atoms with Gasteiger partial charge < -0.3 is 14.8 Å². The Morgan fingerprint density at radius 3 is 2.39 bits per heavy atom. The van der Waals surface area contributed by atoms with Crippen LogP contribution < -0.4 is 5.32 Å². The summed E-state index contributed by atoms with van der Waals surface area (Å²) >= 11 is 0. The van der Waals surface area contributed by atoms with Crippen LogP contribution in [0.4, 0.5) is 0 Å². The molecule has 2 rings (SSSR count). The van der Waals surface area contributed by atoms with Crippen molar-refractivity contribution >= 4 is 5.91 Å². The molecule has 1 aliphatic rings. The third-order valence-electron chi connectivity index (χ3n) is 3.32. The molecular formula is C19H33NO3.